The molecule has 12 nitrogen and oxygen atoms in total. The minimum Gasteiger partial charge on any atom is -0.480 e. The molecule has 36 heavy (non-hydrogen) atoms. The van der Waals surface area contributed by atoms with Crippen molar-refractivity contribution in [1.82, 2.24) is 20.0 Å². The number of aliphatic carboxylic acids is 3. The number of hydrogen-bond donors (Lipinski definition) is 5. The van der Waals surface area contributed by atoms with Gasteiger partial charge in [0.05, 0.1) is 30.8 Å². The molecule has 5 N–H and O–H groups in total. The quantitative estimate of drug-likeness (QED) is 0.180. The highest BCUT2D eigenvalue weighted by Crippen LogP contribution is 2.12. The predicted octanol–water partition coefficient (Wildman–Crippen LogP) is -0.541. The molecule has 0 bridgehead atoms. The fourth-order valence-corrected chi connectivity index (χ4v) is 4.22. The molecule has 2 unspecified atom stereocenters. The van der Waals surface area contributed by atoms with Gasteiger partial charge in [0.25, 0.3) is 0 Å². The number of thiocarbonyl (C=S) groups is 1. The highest BCUT2D eigenvalue weighted by atomic mass is 32.1. The van der Waals surface area contributed by atoms with Gasteiger partial charge in [0.1, 0.15) is 0 Å². The van der Waals surface area contributed by atoms with E-state index in [-0.39, 0.29) is 51.6 Å². The molecule has 1 saturated heterocycles. The summed E-state index contributed by atoms with van der Waals surface area (Å²) in [5.41, 5.74) is 1.57. The van der Waals surface area contributed by atoms with Crippen molar-refractivity contribution in [2.24, 2.45) is 0 Å². The summed E-state index contributed by atoms with van der Waals surface area (Å²) in [6.07, 6.45) is 0.114. The predicted molar refractivity (Wildman–Crippen MR) is 140 cm³/mol. The van der Waals surface area contributed by atoms with Crippen molar-refractivity contribution in [3.63, 3.8) is 0 Å². The number of hydrogen-bond acceptors (Lipinski definition) is 8. The number of amides is 1. The van der Waals surface area contributed by atoms with Crippen molar-refractivity contribution in [3.05, 3.63) is 29.8 Å². The topological polar surface area (TPSA) is 163 Å². The molecule has 0 spiro atoms. The normalized spacial score (nSPS) is 17.9. The van der Waals surface area contributed by atoms with Crippen LogP contribution in [0, 0.1) is 0 Å². The Morgan fingerprint density at radius 1 is 0.889 bits per heavy atom. The molecule has 14 heteroatoms. The van der Waals surface area contributed by atoms with Crippen LogP contribution in [-0.2, 0) is 25.6 Å². The Balaban J connectivity index is 2.10. The molecular weight excluding hydrogens is 509 g/mol. The first-order chi connectivity index (χ1) is 17.0. The first-order valence-corrected chi connectivity index (χ1v) is 12.3. The molecule has 1 amide bonds. The van der Waals surface area contributed by atoms with Crippen molar-refractivity contribution in [3.8, 4) is 0 Å². The summed E-state index contributed by atoms with van der Waals surface area (Å²) in [7, 11) is 2.38. The van der Waals surface area contributed by atoms with E-state index < -0.39 is 23.9 Å². The van der Waals surface area contributed by atoms with Crippen LogP contribution in [0.5, 0.6) is 0 Å². The molecule has 1 fully saturated rings. The molecule has 2 rings (SSSR count). The maximum atomic E-state index is 12.6. The van der Waals surface area contributed by atoms with Gasteiger partial charge in [-0.25, -0.2) is 0 Å². The van der Waals surface area contributed by atoms with Gasteiger partial charge in [0, 0.05) is 51.0 Å². The summed E-state index contributed by atoms with van der Waals surface area (Å²) in [5.74, 6) is -3.40. The molecule has 1 heterocycles. The first-order valence-electron chi connectivity index (χ1n) is 11.3. The van der Waals surface area contributed by atoms with Crippen LogP contribution in [-0.4, -0.2) is 124 Å². The summed E-state index contributed by atoms with van der Waals surface area (Å²) in [5, 5.41) is 33.7. The fraction of sp³-hybridized carbons (Fsp3) is 0.500. The number of nitrogens with one attached hydrogen (secondary N) is 2. The van der Waals surface area contributed by atoms with Crippen LogP contribution in [0.25, 0.3) is 0 Å². The minimum absolute atomic E-state index is 0.113. The Labute approximate surface area is 216 Å². The Morgan fingerprint density at radius 2 is 1.44 bits per heavy atom. The summed E-state index contributed by atoms with van der Waals surface area (Å²) < 4.78 is 0.546. The third kappa shape index (κ3) is 11.4. The lowest BCUT2D eigenvalue weighted by Crippen LogP contribution is -2.53. The van der Waals surface area contributed by atoms with Crippen LogP contribution >= 0.6 is 21.5 Å². The van der Waals surface area contributed by atoms with Gasteiger partial charge < -0.3 is 26.0 Å². The lowest BCUT2D eigenvalue weighted by atomic mass is 10.1. The van der Waals surface area contributed by atoms with Gasteiger partial charge in [0.15, 0.2) is 0 Å². The summed E-state index contributed by atoms with van der Waals surface area (Å²) >= 11 is 4.98. The maximum Gasteiger partial charge on any atom is 0.317 e. The molecule has 0 saturated carbocycles. The van der Waals surface area contributed by atoms with Crippen LogP contribution in [0.3, 0.4) is 0 Å². The Morgan fingerprint density at radius 3 is 2.03 bits per heavy atom. The average molecular weight is 542 g/mol. The number of carbonyl (C=O) groups is 4. The van der Waals surface area contributed by atoms with Gasteiger partial charge in [-0.1, -0.05) is 33.6 Å². The van der Waals surface area contributed by atoms with Gasteiger partial charge in [-0.15, -0.1) is 0 Å². The number of rotatable bonds is 11. The highest BCUT2D eigenvalue weighted by molar-refractivity contribution is 7.90. The number of carbonyl (C=O) groups excluding carboxylic acids is 1. The van der Waals surface area contributed by atoms with Crippen LogP contribution in [0.4, 0.5) is 5.69 Å². The van der Waals surface area contributed by atoms with E-state index in [1.165, 1.54) is 0 Å². The standard InChI is InChI=1S/C22H32N5O7PS/c28-18(9-15-1-3-16(4-2-15)24-22(35)36)23-10-17-11-26(13-20(31)32)6-5-25(12-19(29)30)7-8-27(17)14-21(33)34/h1-4,17H,5-14,35H2,(H,23,28)(H,24,36)(H,29,30)(H,31,32)(H,33,34). The van der Waals surface area contributed by atoms with Gasteiger partial charge in [0.2, 0.25) is 5.91 Å². The zero-order valence-electron chi connectivity index (χ0n) is 19.8. The highest BCUT2D eigenvalue weighted by Gasteiger charge is 2.28. The number of carboxylic acids is 3. The Bertz CT molecular complexity index is 949. The SMILES string of the molecule is O=C(O)CN1CCN(CC(=O)O)CC(CNC(=O)Cc2ccc(NC(P)=S)cc2)N(CC(=O)O)CC1. The molecule has 2 atom stereocenters. The monoisotopic (exact) mass is 541 g/mol. The minimum atomic E-state index is -1.07. The van der Waals surface area contributed by atoms with Crippen LogP contribution in [0.1, 0.15) is 5.56 Å². The van der Waals surface area contributed by atoms with Crippen molar-refractivity contribution >= 4 is 55.7 Å². The second-order valence-electron chi connectivity index (χ2n) is 8.48. The maximum absolute atomic E-state index is 12.6. The third-order valence-electron chi connectivity index (χ3n) is 5.60. The molecule has 0 aromatic heterocycles. The first kappa shape index (κ1) is 29.5. The van der Waals surface area contributed by atoms with E-state index in [2.05, 4.69) is 19.9 Å². The van der Waals surface area contributed by atoms with Gasteiger partial charge >= 0.3 is 17.9 Å². The smallest absolute Gasteiger partial charge is 0.317 e. The zero-order chi connectivity index (χ0) is 26.7. The average Bonchev–Trinajstić information content (AvgIpc) is 2.83. The van der Waals surface area contributed by atoms with E-state index >= 15 is 0 Å². The largest absolute Gasteiger partial charge is 0.480 e. The van der Waals surface area contributed by atoms with Gasteiger partial charge in [-0.05, 0) is 17.7 Å². The number of benzene rings is 1. The summed E-state index contributed by atoms with van der Waals surface area (Å²) in [6, 6.07) is 6.72. The number of anilines is 1. The second-order valence-corrected chi connectivity index (χ2v) is 9.92. The Hall–Kier alpha value is -2.70. The van der Waals surface area contributed by atoms with Crippen molar-refractivity contribution in [1.29, 1.82) is 0 Å². The van der Waals surface area contributed by atoms with E-state index in [1.807, 2.05) is 0 Å². The molecule has 1 aliphatic rings. The van der Waals surface area contributed by atoms with E-state index in [4.69, 9.17) is 12.2 Å². The Kier molecular flexibility index (Phi) is 12.1. The molecule has 1 aromatic carbocycles. The van der Waals surface area contributed by atoms with E-state index in [0.717, 1.165) is 11.3 Å². The van der Waals surface area contributed by atoms with E-state index in [0.29, 0.717) is 24.4 Å². The zero-order valence-corrected chi connectivity index (χ0v) is 21.7. The van der Waals surface area contributed by atoms with Crippen molar-refractivity contribution in [2.75, 3.05) is 64.2 Å². The van der Waals surface area contributed by atoms with E-state index in [1.54, 1.807) is 39.0 Å². The lowest BCUT2D eigenvalue weighted by Gasteiger charge is -2.33. The second kappa shape index (κ2) is 14.8. The molecular formula is C22H32N5O7PS. The summed E-state index contributed by atoms with van der Waals surface area (Å²) in [4.78, 5) is 51.7. The van der Waals surface area contributed by atoms with Crippen LogP contribution < -0.4 is 10.6 Å². The van der Waals surface area contributed by atoms with Gasteiger partial charge in [-0.3, -0.25) is 33.9 Å². The van der Waals surface area contributed by atoms with E-state index in [9.17, 15) is 34.5 Å². The van der Waals surface area contributed by atoms with Crippen LogP contribution in [0.15, 0.2) is 24.3 Å². The molecule has 0 aliphatic carbocycles. The molecule has 1 aliphatic heterocycles. The van der Waals surface area contributed by atoms with Crippen molar-refractivity contribution in [2.45, 2.75) is 12.5 Å². The number of carboxylic acid groups (broad SMARTS) is 3. The number of nitrogens with zero attached hydrogens (tertiary/aromatic N) is 3. The molecule has 0 radical (unpaired) electrons. The molecule has 1 aromatic rings. The van der Waals surface area contributed by atoms with Gasteiger partial charge in [-0.2, -0.15) is 0 Å². The van der Waals surface area contributed by atoms with Crippen molar-refractivity contribution < 1.29 is 34.5 Å². The fourth-order valence-electron chi connectivity index (χ4n) is 3.94. The summed E-state index contributed by atoms with van der Waals surface area (Å²) in [6.45, 7) is 0.647. The molecule has 198 valence electrons. The van der Waals surface area contributed by atoms with Crippen LogP contribution in [0.2, 0.25) is 0 Å². The third-order valence-corrected chi connectivity index (χ3v) is 5.84. The lowest BCUT2D eigenvalue weighted by molar-refractivity contribution is -0.140.